The molecular weight excluding hydrogens is 234 g/mol. The number of alkyl halides is 1. The lowest BCUT2D eigenvalue weighted by Gasteiger charge is -2.35. The largest absolute Gasteiger partial charge is 0.372 e. The molecule has 2 atom stereocenters. The van der Waals surface area contributed by atoms with Crippen LogP contribution in [0.4, 0.5) is 0 Å². The van der Waals surface area contributed by atoms with Gasteiger partial charge in [-0.3, -0.25) is 4.79 Å². The van der Waals surface area contributed by atoms with Crippen LogP contribution < -0.4 is 0 Å². The van der Waals surface area contributed by atoms with Gasteiger partial charge in [0.15, 0.2) is 0 Å². The van der Waals surface area contributed by atoms with E-state index in [9.17, 15) is 4.79 Å². The van der Waals surface area contributed by atoms with Crippen molar-refractivity contribution < 1.29 is 9.53 Å². The molecule has 1 amide bonds. The van der Waals surface area contributed by atoms with E-state index in [0.29, 0.717) is 6.42 Å². The van der Waals surface area contributed by atoms with E-state index in [1.54, 1.807) is 0 Å². The van der Waals surface area contributed by atoms with Gasteiger partial charge in [-0.15, -0.1) is 0 Å². The molecule has 0 N–H and O–H groups in total. The Labute approximate surface area is 87.6 Å². The Morgan fingerprint density at radius 3 is 2.46 bits per heavy atom. The quantitative estimate of drug-likeness (QED) is 0.693. The number of carbonyl (C=O) groups is 1. The minimum absolute atomic E-state index is 0.169. The van der Waals surface area contributed by atoms with Crippen LogP contribution in [0.1, 0.15) is 20.3 Å². The van der Waals surface area contributed by atoms with Crippen molar-refractivity contribution in [1.29, 1.82) is 0 Å². The first-order chi connectivity index (χ1) is 6.13. The lowest BCUT2D eigenvalue weighted by atomic mass is 10.2. The molecule has 1 aliphatic heterocycles. The smallest absolute Gasteiger partial charge is 0.223 e. The Morgan fingerprint density at radius 1 is 1.46 bits per heavy atom. The predicted molar refractivity (Wildman–Crippen MR) is 55.0 cm³/mol. The summed E-state index contributed by atoms with van der Waals surface area (Å²) >= 11 is 3.27. The molecule has 0 bridgehead atoms. The standard InChI is InChI=1S/C9H16BrNO2/c1-7-5-11(6-8(2)13-7)9(12)3-4-10/h7-8H,3-6H2,1-2H3. The molecule has 0 saturated carbocycles. The van der Waals surface area contributed by atoms with Gasteiger partial charge in [-0.05, 0) is 13.8 Å². The second-order valence-corrected chi connectivity index (χ2v) is 4.29. The van der Waals surface area contributed by atoms with E-state index in [1.807, 2.05) is 18.7 Å². The van der Waals surface area contributed by atoms with Gasteiger partial charge in [0, 0.05) is 24.8 Å². The third-order valence-electron chi connectivity index (χ3n) is 2.08. The molecule has 1 fully saturated rings. The highest BCUT2D eigenvalue weighted by molar-refractivity contribution is 9.09. The number of carbonyl (C=O) groups excluding carboxylic acids is 1. The summed E-state index contributed by atoms with van der Waals surface area (Å²) in [6.45, 7) is 5.47. The summed E-state index contributed by atoms with van der Waals surface area (Å²) in [5, 5.41) is 0.742. The number of amides is 1. The average molecular weight is 250 g/mol. The van der Waals surface area contributed by atoms with Gasteiger partial charge in [0.1, 0.15) is 0 Å². The fraction of sp³-hybridized carbons (Fsp3) is 0.889. The zero-order valence-electron chi connectivity index (χ0n) is 8.12. The van der Waals surface area contributed by atoms with Crippen molar-refractivity contribution in [1.82, 2.24) is 4.90 Å². The lowest BCUT2D eigenvalue weighted by Crippen LogP contribution is -2.48. The summed E-state index contributed by atoms with van der Waals surface area (Å²) in [7, 11) is 0. The van der Waals surface area contributed by atoms with E-state index in [4.69, 9.17) is 4.74 Å². The molecule has 3 nitrogen and oxygen atoms in total. The summed E-state index contributed by atoms with van der Waals surface area (Å²) in [6, 6.07) is 0. The molecule has 0 aliphatic carbocycles. The summed E-state index contributed by atoms with van der Waals surface area (Å²) in [6.07, 6.45) is 0.922. The van der Waals surface area contributed by atoms with Gasteiger partial charge in [-0.1, -0.05) is 15.9 Å². The average Bonchev–Trinajstić information content (AvgIpc) is 2.03. The molecule has 1 rings (SSSR count). The molecule has 2 unspecified atom stereocenters. The maximum atomic E-state index is 11.5. The van der Waals surface area contributed by atoms with Crippen LogP contribution >= 0.6 is 15.9 Å². The second kappa shape index (κ2) is 4.96. The number of morpholine rings is 1. The zero-order chi connectivity index (χ0) is 9.84. The lowest BCUT2D eigenvalue weighted by molar-refractivity contribution is -0.142. The van der Waals surface area contributed by atoms with Gasteiger partial charge >= 0.3 is 0 Å². The molecule has 1 aliphatic rings. The fourth-order valence-electron chi connectivity index (χ4n) is 1.62. The van der Waals surface area contributed by atoms with Crippen LogP contribution in [0.2, 0.25) is 0 Å². The topological polar surface area (TPSA) is 29.5 Å². The molecule has 4 heteroatoms. The van der Waals surface area contributed by atoms with Crippen LogP contribution in [0.15, 0.2) is 0 Å². The van der Waals surface area contributed by atoms with Gasteiger partial charge < -0.3 is 9.64 Å². The normalized spacial score (nSPS) is 29.0. The van der Waals surface area contributed by atoms with Crippen LogP contribution in [0, 0.1) is 0 Å². The van der Waals surface area contributed by atoms with E-state index >= 15 is 0 Å². The summed E-state index contributed by atoms with van der Waals surface area (Å²) < 4.78 is 5.54. The maximum Gasteiger partial charge on any atom is 0.223 e. The van der Waals surface area contributed by atoms with E-state index < -0.39 is 0 Å². The number of rotatable bonds is 2. The number of hydrogen-bond donors (Lipinski definition) is 0. The Morgan fingerprint density at radius 2 is 2.00 bits per heavy atom. The SMILES string of the molecule is CC1CN(C(=O)CCBr)CC(C)O1. The first-order valence-corrected chi connectivity index (χ1v) is 5.75. The van der Waals surface area contributed by atoms with E-state index in [-0.39, 0.29) is 18.1 Å². The van der Waals surface area contributed by atoms with Crippen molar-refractivity contribution in [3.63, 3.8) is 0 Å². The molecule has 0 aromatic carbocycles. The Bertz CT molecular complexity index is 176. The molecule has 1 saturated heterocycles. The van der Waals surface area contributed by atoms with Gasteiger partial charge in [0.05, 0.1) is 12.2 Å². The molecule has 0 aromatic heterocycles. The van der Waals surface area contributed by atoms with Crippen molar-refractivity contribution in [3.05, 3.63) is 0 Å². The molecule has 0 aromatic rings. The van der Waals surface area contributed by atoms with Crippen molar-refractivity contribution in [3.8, 4) is 0 Å². The van der Waals surface area contributed by atoms with Crippen molar-refractivity contribution >= 4 is 21.8 Å². The minimum Gasteiger partial charge on any atom is -0.372 e. The van der Waals surface area contributed by atoms with Gasteiger partial charge in [-0.25, -0.2) is 0 Å². The molecule has 0 spiro atoms. The van der Waals surface area contributed by atoms with Gasteiger partial charge in [0.2, 0.25) is 5.91 Å². The Kier molecular flexibility index (Phi) is 4.19. The summed E-state index contributed by atoms with van der Waals surface area (Å²) in [4.78, 5) is 13.4. The van der Waals surface area contributed by atoms with Crippen molar-refractivity contribution in [2.75, 3.05) is 18.4 Å². The number of nitrogens with zero attached hydrogens (tertiary/aromatic N) is 1. The molecular formula is C9H16BrNO2. The van der Waals surface area contributed by atoms with Crippen molar-refractivity contribution in [2.24, 2.45) is 0 Å². The molecule has 76 valence electrons. The van der Waals surface area contributed by atoms with E-state index in [1.165, 1.54) is 0 Å². The highest BCUT2D eigenvalue weighted by atomic mass is 79.9. The molecule has 1 heterocycles. The van der Waals surface area contributed by atoms with Crippen LogP contribution in [-0.4, -0.2) is 41.4 Å². The van der Waals surface area contributed by atoms with Gasteiger partial charge in [-0.2, -0.15) is 0 Å². The van der Waals surface area contributed by atoms with Crippen LogP contribution in [0.3, 0.4) is 0 Å². The Hall–Kier alpha value is -0.0900. The molecule has 13 heavy (non-hydrogen) atoms. The highest BCUT2D eigenvalue weighted by Gasteiger charge is 2.24. The van der Waals surface area contributed by atoms with Crippen LogP contribution in [0.25, 0.3) is 0 Å². The number of ether oxygens (including phenoxy) is 1. The minimum atomic E-state index is 0.169. The van der Waals surface area contributed by atoms with E-state index in [0.717, 1.165) is 18.4 Å². The predicted octanol–water partition coefficient (Wildman–Crippen LogP) is 1.41. The van der Waals surface area contributed by atoms with Gasteiger partial charge in [0.25, 0.3) is 0 Å². The first-order valence-electron chi connectivity index (χ1n) is 4.62. The van der Waals surface area contributed by atoms with E-state index in [2.05, 4.69) is 15.9 Å². The summed E-state index contributed by atoms with van der Waals surface area (Å²) in [5.74, 6) is 0.221. The second-order valence-electron chi connectivity index (χ2n) is 3.50. The maximum absolute atomic E-state index is 11.5. The third-order valence-corrected chi connectivity index (χ3v) is 2.48. The number of hydrogen-bond acceptors (Lipinski definition) is 2. The summed E-state index contributed by atoms with van der Waals surface area (Å²) in [5.41, 5.74) is 0. The Balaban J connectivity index is 2.45. The monoisotopic (exact) mass is 249 g/mol. The van der Waals surface area contributed by atoms with Crippen LogP contribution in [0.5, 0.6) is 0 Å². The zero-order valence-corrected chi connectivity index (χ0v) is 9.71. The number of halogens is 1. The fourth-order valence-corrected chi connectivity index (χ4v) is 1.96. The van der Waals surface area contributed by atoms with Crippen LogP contribution in [-0.2, 0) is 9.53 Å². The highest BCUT2D eigenvalue weighted by Crippen LogP contribution is 2.11. The van der Waals surface area contributed by atoms with Crippen molar-refractivity contribution in [2.45, 2.75) is 32.5 Å². The third kappa shape index (κ3) is 3.27. The molecule has 0 radical (unpaired) electrons. The first kappa shape index (κ1) is 11.0.